The maximum Gasteiger partial charge on any atom is 0.219 e. The molecular formula is C16H26N4O3. The van der Waals surface area contributed by atoms with E-state index < -0.39 is 5.60 Å². The summed E-state index contributed by atoms with van der Waals surface area (Å²) in [6, 6.07) is 3.49. The van der Waals surface area contributed by atoms with E-state index in [1.54, 1.807) is 32.2 Å². The monoisotopic (exact) mass is 322 g/mol. The molecule has 1 atom stereocenters. The van der Waals surface area contributed by atoms with E-state index in [2.05, 4.69) is 15.2 Å². The summed E-state index contributed by atoms with van der Waals surface area (Å²) in [4.78, 5) is 19.9. The van der Waals surface area contributed by atoms with Gasteiger partial charge in [-0.1, -0.05) is 0 Å². The number of carbonyl (C=O) groups is 1. The maximum atomic E-state index is 11.4. The number of nitrogens with one attached hydrogen (secondary N) is 1. The lowest BCUT2D eigenvalue weighted by atomic mass is 10.0. The van der Waals surface area contributed by atoms with Crippen LogP contribution in [0.2, 0.25) is 0 Å². The molecule has 0 spiro atoms. The summed E-state index contributed by atoms with van der Waals surface area (Å²) < 4.78 is 5.28. The van der Waals surface area contributed by atoms with E-state index in [9.17, 15) is 9.90 Å². The minimum Gasteiger partial charge on any atom is -0.466 e. The average Bonchev–Trinajstić information content (AvgIpc) is 3.07. The van der Waals surface area contributed by atoms with Crippen LogP contribution in [0.5, 0.6) is 0 Å². The van der Waals surface area contributed by atoms with Crippen molar-refractivity contribution in [2.45, 2.75) is 26.4 Å². The molecule has 23 heavy (non-hydrogen) atoms. The van der Waals surface area contributed by atoms with Crippen molar-refractivity contribution in [1.82, 2.24) is 15.1 Å². The molecule has 1 amide bonds. The van der Waals surface area contributed by atoms with E-state index >= 15 is 0 Å². The van der Waals surface area contributed by atoms with Crippen LogP contribution in [0.4, 0.5) is 0 Å². The molecule has 1 aromatic heterocycles. The van der Waals surface area contributed by atoms with Crippen molar-refractivity contribution in [3.8, 4) is 0 Å². The third-order valence-electron chi connectivity index (χ3n) is 3.95. The molecule has 0 aliphatic carbocycles. The SMILES string of the molecule is CCNC(=NCC(C)(O)c1ccco1)N1CCN(C(C)=O)CC1. The second kappa shape index (κ2) is 7.50. The Kier molecular flexibility index (Phi) is 5.65. The first kappa shape index (κ1) is 17.3. The van der Waals surface area contributed by atoms with Crippen molar-refractivity contribution in [2.75, 3.05) is 39.3 Å². The number of amides is 1. The Morgan fingerprint density at radius 2 is 2.04 bits per heavy atom. The van der Waals surface area contributed by atoms with Crippen LogP contribution in [0.25, 0.3) is 0 Å². The van der Waals surface area contributed by atoms with Gasteiger partial charge in [0.2, 0.25) is 5.91 Å². The number of guanidine groups is 1. The predicted octanol–water partition coefficient (Wildman–Crippen LogP) is 0.617. The van der Waals surface area contributed by atoms with Gasteiger partial charge in [-0.15, -0.1) is 0 Å². The van der Waals surface area contributed by atoms with E-state index in [1.165, 1.54) is 0 Å². The normalized spacial score (nSPS) is 18.7. The number of rotatable bonds is 4. The van der Waals surface area contributed by atoms with Crippen LogP contribution >= 0.6 is 0 Å². The first-order chi connectivity index (χ1) is 10.9. The molecular weight excluding hydrogens is 296 g/mol. The van der Waals surface area contributed by atoms with Gasteiger partial charge in [0, 0.05) is 39.6 Å². The second-order valence-electron chi connectivity index (χ2n) is 5.91. The number of hydrogen-bond acceptors (Lipinski definition) is 4. The molecule has 1 aliphatic heterocycles. The van der Waals surface area contributed by atoms with Gasteiger partial charge in [0.05, 0.1) is 12.8 Å². The fourth-order valence-corrected chi connectivity index (χ4v) is 2.55. The number of piperazine rings is 1. The molecule has 7 nitrogen and oxygen atoms in total. The smallest absolute Gasteiger partial charge is 0.219 e. The summed E-state index contributed by atoms with van der Waals surface area (Å²) in [6.45, 7) is 9.07. The highest BCUT2D eigenvalue weighted by Gasteiger charge is 2.27. The quantitative estimate of drug-likeness (QED) is 0.627. The highest BCUT2D eigenvalue weighted by molar-refractivity contribution is 5.80. The zero-order chi connectivity index (χ0) is 16.9. The molecule has 0 radical (unpaired) electrons. The Morgan fingerprint density at radius 1 is 1.39 bits per heavy atom. The van der Waals surface area contributed by atoms with E-state index in [1.807, 2.05) is 11.8 Å². The Morgan fingerprint density at radius 3 is 2.57 bits per heavy atom. The van der Waals surface area contributed by atoms with E-state index in [0.717, 1.165) is 25.6 Å². The van der Waals surface area contributed by atoms with Crippen LogP contribution in [0.15, 0.2) is 27.8 Å². The van der Waals surface area contributed by atoms with Crippen LogP contribution in [0, 0.1) is 0 Å². The lowest BCUT2D eigenvalue weighted by molar-refractivity contribution is -0.130. The van der Waals surface area contributed by atoms with Crippen LogP contribution in [-0.2, 0) is 10.4 Å². The highest BCUT2D eigenvalue weighted by Crippen LogP contribution is 2.21. The first-order valence-corrected chi connectivity index (χ1v) is 7.99. The Bertz CT molecular complexity index is 532. The van der Waals surface area contributed by atoms with Crippen LogP contribution < -0.4 is 5.32 Å². The maximum absolute atomic E-state index is 11.4. The zero-order valence-corrected chi connectivity index (χ0v) is 14.1. The Labute approximate surface area is 137 Å². The van der Waals surface area contributed by atoms with Gasteiger partial charge >= 0.3 is 0 Å². The molecule has 0 saturated carbocycles. The molecule has 0 aromatic carbocycles. The summed E-state index contributed by atoms with van der Waals surface area (Å²) in [5.41, 5.74) is -1.15. The molecule has 1 saturated heterocycles. The third kappa shape index (κ3) is 4.48. The number of carbonyl (C=O) groups excluding carboxylic acids is 1. The molecule has 2 N–H and O–H groups in total. The van der Waals surface area contributed by atoms with Crippen LogP contribution in [0.1, 0.15) is 26.5 Å². The first-order valence-electron chi connectivity index (χ1n) is 7.99. The van der Waals surface area contributed by atoms with Gasteiger partial charge in [-0.2, -0.15) is 0 Å². The summed E-state index contributed by atoms with van der Waals surface area (Å²) in [6.07, 6.45) is 1.54. The van der Waals surface area contributed by atoms with Crippen LogP contribution in [-0.4, -0.2) is 66.0 Å². The summed E-state index contributed by atoms with van der Waals surface area (Å²) in [5.74, 6) is 1.35. The van der Waals surface area contributed by atoms with Gasteiger partial charge in [0.1, 0.15) is 11.4 Å². The van der Waals surface area contributed by atoms with Crippen molar-refractivity contribution in [3.63, 3.8) is 0 Å². The molecule has 1 aromatic rings. The molecule has 128 valence electrons. The molecule has 0 bridgehead atoms. The number of hydrogen-bond donors (Lipinski definition) is 2. The highest BCUT2D eigenvalue weighted by atomic mass is 16.4. The number of furan rings is 1. The van der Waals surface area contributed by atoms with E-state index in [0.29, 0.717) is 18.8 Å². The Hall–Kier alpha value is -2.02. The summed E-state index contributed by atoms with van der Waals surface area (Å²) in [7, 11) is 0. The van der Waals surface area contributed by atoms with Gasteiger partial charge in [0.15, 0.2) is 5.96 Å². The zero-order valence-electron chi connectivity index (χ0n) is 14.1. The van der Waals surface area contributed by atoms with Crippen molar-refractivity contribution >= 4 is 11.9 Å². The second-order valence-corrected chi connectivity index (χ2v) is 5.91. The number of nitrogens with zero attached hydrogens (tertiary/aromatic N) is 3. The number of aliphatic hydroxyl groups is 1. The van der Waals surface area contributed by atoms with Gasteiger partial charge in [-0.3, -0.25) is 4.79 Å². The molecule has 2 rings (SSSR count). The molecule has 2 heterocycles. The van der Waals surface area contributed by atoms with Gasteiger partial charge in [-0.25, -0.2) is 4.99 Å². The third-order valence-corrected chi connectivity index (χ3v) is 3.95. The Balaban J connectivity index is 2.02. The van der Waals surface area contributed by atoms with Crippen LogP contribution in [0.3, 0.4) is 0 Å². The predicted molar refractivity (Wildman–Crippen MR) is 88.1 cm³/mol. The largest absolute Gasteiger partial charge is 0.466 e. The van der Waals surface area contributed by atoms with E-state index in [4.69, 9.17) is 4.42 Å². The number of aliphatic imine (C=N–C) groups is 1. The van der Waals surface area contributed by atoms with Crippen molar-refractivity contribution in [1.29, 1.82) is 0 Å². The standard InChI is InChI=1S/C16H26N4O3/c1-4-17-15(20-9-7-19(8-10-20)13(2)21)18-12-16(3,22)14-6-5-11-23-14/h5-6,11,22H,4,7-10,12H2,1-3H3,(H,17,18). The fourth-order valence-electron chi connectivity index (χ4n) is 2.55. The topological polar surface area (TPSA) is 81.3 Å². The minimum absolute atomic E-state index is 0.104. The van der Waals surface area contributed by atoms with Crippen molar-refractivity contribution in [3.05, 3.63) is 24.2 Å². The average molecular weight is 322 g/mol. The van der Waals surface area contributed by atoms with Crippen molar-refractivity contribution < 1.29 is 14.3 Å². The molecule has 1 unspecified atom stereocenters. The fraction of sp³-hybridized carbons (Fsp3) is 0.625. The molecule has 1 aliphatic rings. The minimum atomic E-state index is -1.15. The molecule has 7 heteroatoms. The van der Waals surface area contributed by atoms with Gasteiger partial charge in [0.25, 0.3) is 0 Å². The molecule has 1 fully saturated rings. The lowest BCUT2D eigenvalue weighted by Gasteiger charge is -2.36. The summed E-state index contributed by atoms with van der Waals surface area (Å²) >= 11 is 0. The van der Waals surface area contributed by atoms with E-state index in [-0.39, 0.29) is 12.5 Å². The summed E-state index contributed by atoms with van der Waals surface area (Å²) in [5, 5.41) is 13.8. The van der Waals surface area contributed by atoms with Gasteiger partial charge < -0.3 is 24.6 Å². The van der Waals surface area contributed by atoms with Gasteiger partial charge in [-0.05, 0) is 26.0 Å². The lowest BCUT2D eigenvalue weighted by Crippen LogP contribution is -2.53. The van der Waals surface area contributed by atoms with Crippen molar-refractivity contribution in [2.24, 2.45) is 4.99 Å².